The number of hydrogen-bond donors (Lipinski definition) is 2. The van der Waals surface area contributed by atoms with Gasteiger partial charge in [-0.2, -0.15) is 0 Å². The number of guanidine groups is 1. The molecule has 0 atom stereocenters. The Labute approximate surface area is 197 Å². The summed E-state index contributed by atoms with van der Waals surface area (Å²) in [5.74, 6) is 2.96. The van der Waals surface area contributed by atoms with Crippen LogP contribution in [-0.2, 0) is 26.1 Å². The molecule has 9 heteroatoms. The van der Waals surface area contributed by atoms with E-state index in [1.54, 1.807) is 0 Å². The monoisotopic (exact) mass is 573 g/mol. The molecule has 2 N–H and O–H groups in total. The largest absolute Gasteiger partial charge is 0.354 e. The summed E-state index contributed by atoms with van der Waals surface area (Å²) in [6.07, 6.45) is 4.46. The van der Waals surface area contributed by atoms with E-state index < -0.39 is 0 Å². The molecule has 1 aromatic heterocycles. The predicted molar refractivity (Wildman–Crippen MR) is 130 cm³/mol. The lowest BCUT2D eigenvalue weighted by atomic mass is 10.0. The lowest BCUT2D eigenvalue weighted by Crippen LogP contribution is -2.48. The first kappa shape index (κ1) is 22.5. The number of piperidine rings is 1. The van der Waals surface area contributed by atoms with Gasteiger partial charge in [0.15, 0.2) is 11.8 Å². The van der Waals surface area contributed by atoms with Gasteiger partial charge in [-0.25, -0.2) is 0 Å². The molecule has 0 bridgehead atoms. The van der Waals surface area contributed by atoms with E-state index in [1.807, 2.05) is 7.05 Å². The van der Waals surface area contributed by atoms with Gasteiger partial charge < -0.3 is 15.2 Å². The maximum atomic E-state index is 4.39. The van der Waals surface area contributed by atoms with Crippen molar-refractivity contribution in [1.29, 1.82) is 0 Å². The molecule has 0 amide bonds. The predicted octanol–water partition coefficient (Wildman–Crippen LogP) is 2.93. The van der Waals surface area contributed by atoms with Gasteiger partial charge in [-0.15, -0.1) is 34.2 Å². The first-order chi connectivity index (χ1) is 13.7. The summed E-state index contributed by atoms with van der Waals surface area (Å²) < 4.78 is 3.36. The van der Waals surface area contributed by atoms with Gasteiger partial charge in [-0.1, -0.05) is 28.1 Å². The molecule has 3 heterocycles. The molecule has 2 aliphatic rings. The number of likely N-dealkylation sites (tertiary alicyclic amines) is 1. The first-order valence-corrected chi connectivity index (χ1v) is 10.9. The summed E-state index contributed by atoms with van der Waals surface area (Å²) in [5, 5.41) is 15.6. The number of hydrogen-bond acceptors (Lipinski definition) is 4. The molecule has 0 aliphatic carbocycles. The maximum absolute atomic E-state index is 4.39. The molecular weight excluding hydrogens is 545 g/mol. The van der Waals surface area contributed by atoms with E-state index in [2.05, 4.69) is 75.5 Å². The zero-order chi connectivity index (χ0) is 19.3. The molecule has 2 aromatic rings. The number of rotatable bonds is 5. The Morgan fingerprint density at radius 2 is 1.93 bits per heavy atom. The van der Waals surface area contributed by atoms with Crippen molar-refractivity contribution in [2.75, 3.05) is 20.1 Å². The number of fused-ring (bicyclic) bond motifs is 1. The number of aryl methyl sites for hydroxylation is 1. The Balaban J connectivity index is 0.00000240. The Morgan fingerprint density at radius 3 is 2.66 bits per heavy atom. The molecule has 0 spiro atoms. The molecule has 0 unspecified atom stereocenters. The zero-order valence-electron chi connectivity index (χ0n) is 16.8. The fourth-order valence-electron chi connectivity index (χ4n) is 3.98. The summed E-state index contributed by atoms with van der Waals surface area (Å²) in [7, 11) is 1.83. The Morgan fingerprint density at radius 1 is 1.17 bits per heavy atom. The number of halogens is 2. The number of nitrogens with zero attached hydrogens (tertiary/aromatic N) is 5. The van der Waals surface area contributed by atoms with Crippen molar-refractivity contribution in [2.24, 2.45) is 4.99 Å². The second-order valence-electron chi connectivity index (χ2n) is 7.53. The smallest absolute Gasteiger partial charge is 0.191 e. The van der Waals surface area contributed by atoms with Gasteiger partial charge >= 0.3 is 0 Å². The molecule has 0 saturated carbocycles. The van der Waals surface area contributed by atoms with Crippen LogP contribution in [0.5, 0.6) is 0 Å². The van der Waals surface area contributed by atoms with Crippen LogP contribution in [0.15, 0.2) is 33.7 Å². The van der Waals surface area contributed by atoms with Crippen LogP contribution in [0, 0.1) is 0 Å². The highest BCUT2D eigenvalue weighted by Gasteiger charge is 2.21. The van der Waals surface area contributed by atoms with Crippen molar-refractivity contribution in [1.82, 2.24) is 30.3 Å². The highest BCUT2D eigenvalue weighted by Crippen LogP contribution is 2.16. The number of aromatic nitrogens is 3. The van der Waals surface area contributed by atoms with Gasteiger partial charge in [0.05, 0.1) is 6.54 Å². The SMILES string of the molecule is CN=C(NCc1nnc2n1CCC2)NC1CCN(Cc2ccc(Br)cc2)CC1.I. The Kier molecular flexibility index (Phi) is 8.31. The van der Waals surface area contributed by atoms with E-state index in [0.717, 1.165) is 67.5 Å². The maximum Gasteiger partial charge on any atom is 0.191 e. The van der Waals surface area contributed by atoms with Crippen molar-refractivity contribution in [3.8, 4) is 0 Å². The molecule has 4 rings (SSSR count). The van der Waals surface area contributed by atoms with E-state index in [0.29, 0.717) is 12.6 Å². The molecule has 7 nitrogen and oxygen atoms in total. The average Bonchev–Trinajstić information content (AvgIpc) is 3.33. The van der Waals surface area contributed by atoms with Crippen LogP contribution in [0.4, 0.5) is 0 Å². The van der Waals surface area contributed by atoms with E-state index in [4.69, 9.17) is 0 Å². The topological polar surface area (TPSA) is 70.4 Å². The van der Waals surface area contributed by atoms with Crippen LogP contribution >= 0.6 is 39.9 Å². The van der Waals surface area contributed by atoms with Crippen molar-refractivity contribution < 1.29 is 0 Å². The van der Waals surface area contributed by atoms with E-state index in [9.17, 15) is 0 Å². The van der Waals surface area contributed by atoms with E-state index in [1.165, 1.54) is 12.0 Å². The molecule has 158 valence electrons. The normalized spacial score (nSPS) is 17.7. The van der Waals surface area contributed by atoms with Gasteiger partial charge in [0.1, 0.15) is 5.82 Å². The number of nitrogens with one attached hydrogen (secondary N) is 2. The minimum atomic E-state index is 0. The van der Waals surface area contributed by atoms with E-state index >= 15 is 0 Å². The number of benzene rings is 1. The molecular formula is C20H29BrIN7. The van der Waals surface area contributed by atoms with Crippen LogP contribution in [0.1, 0.15) is 36.5 Å². The average molecular weight is 574 g/mol. The lowest BCUT2D eigenvalue weighted by molar-refractivity contribution is 0.198. The van der Waals surface area contributed by atoms with Gasteiger partial charge in [0, 0.05) is 50.2 Å². The third-order valence-electron chi connectivity index (χ3n) is 5.57. The van der Waals surface area contributed by atoms with Crippen molar-refractivity contribution in [2.45, 2.75) is 51.4 Å². The van der Waals surface area contributed by atoms with Gasteiger partial charge in [-0.3, -0.25) is 9.89 Å². The summed E-state index contributed by atoms with van der Waals surface area (Å²) in [5.41, 5.74) is 1.37. The van der Waals surface area contributed by atoms with Gasteiger partial charge in [-0.05, 0) is 37.0 Å². The molecule has 2 aliphatic heterocycles. The van der Waals surface area contributed by atoms with Crippen LogP contribution in [-0.4, -0.2) is 51.8 Å². The Bertz CT molecular complexity index is 813. The van der Waals surface area contributed by atoms with Gasteiger partial charge in [0.25, 0.3) is 0 Å². The Hall–Kier alpha value is -1.20. The molecule has 29 heavy (non-hydrogen) atoms. The third kappa shape index (κ3) is 5.91. The highest BCUT2D eigenvalue weighted by molar-refractivity contribution is 14.0. The quantitative estimate of drug-likeness (QED) is 0.327. The van der Waals surface area contributed by atoms with Crippen LogP contribution in [0.3, 0.4) is 0 Å². The van der Waals surface area contributed by atoms with Crippen LogP contribution in [0.25, 0.3) is 0 Å². The summed E-state index contributed by atoms with van der Waals surface area (Å²) >= 11 is 3.50. The highest BCUT2D eigenvalue weighted by atomic mass is 127. The minimum Gasteiger partial charge on any atom is -0.354 e. The number of aliphatic imine (C=N–C) groups is 1. The van der Waals surface area contributed by atoms with Crippen LogP contribution in [0.2, 0.25) is 0 Å². The van der Waals surface area contributed by atoms with Crippen molar-refractivity contribution in [3.05, 3.63) is 46.0 Å². The first-order valence-electron chi connectivity index (χ1n) is 10.1. The fraction of sp³-hybridized carbons (Fsp3) is 0.550. The standard InChI is InChI=1S/C20H28BrN7.HI/c1-22-20(23-13-19-26-25-18-3-2-10-28(18)19)24-17-8-11-27(12-9-17)14-15-4-6-16(21)7-5-15;/h4-7,17H,2-3,8-14H2,1H3,(H2,22,23,24);1H. The lowest BCUT2D eigenvalue weighted by Gasteiger charge is -2.33. The second kappa shape index (κ2) is 10.7. The van der Waals surface area contributed by atoms with Crippen molar-refractivity contribution in [3.63, 3.8) is 0 Å². The molecule has 1 saturated heterocycles. The molecule has 1 fully saturated rings. The van der Waals surface area contributed by atoms with Gasteiger partial charge in [0.2, 0.25) is 0 Å². The fourth-order valence-corrected chi connectivity index (χ4v) is 4.24. The molecule has 1 aromatic carbocycles. The second-order valence-corrected chi connectivity index (χ2v) is 8.45. The van der Waals surface area contributed by atoms with Crippen LogP contribution < -0.4 is 10.6 Å². The zero-order valence-corrected chi connectivity index (χ0v) is 20.7. The summed E-state index contributed by atoms with van der Waals surface area (Å²) in [6.45, 7) is 4.91. The summed E-state index contributed by atoms with van der Waals surface area (Å²) in [4.78, 5) is 6.91. The van der Waals surface area contributed by atoms with Crippen molar-refractivity contribution >= 4 is 45.9 Å². The third-order valence-corrected chi connectivity index (χ3v) is 6.10. The summed E-state index contributed by atoms with van der Waals surface area (Å²) in [6, 6.07) is 9.08. The molecule has 0 radical (unpaired) electrons. The minimum absolute atomic E-state index is 0. The van der Waals surface area contributed by atoms with E-state index in [-0.39, 0.29) is 24.0 Å².